The lowest BCUT2D eigenvalue weighted by atomic mass is 9.78. The summed E-state index contributed by atoms with van der Waals surface area (Å²) < 4.78 is 0. The van der Waals surface area contributed by atoms with Gasteiger partial charge in [0.05, 0.1) is 11.6 Å². The topological polar surface area (TPSA) is 53.4 Å². The zero-order valence-electron chi connectivity index (χ0n) is 12.7. The number of piperidine rings is 1. The fourth-order valence-electron chi connectivity index (χ4n) is 2.95. The van der Waals surface area contributed by atoms with Crippen molar-refractivity contribution in [1.82, 2.24) is 9.88 Å². The highest BCUT2D eigenvalue weighted by Crippen LogP contribution is 2.34. The molecule has 1 saturated heterocycles. The zero-order chi connectivity index (χ0) is 15.3. The van der Waals surface area contributed by atoms with E-state index in [0.717, 1.165) is 43.7 Å². The van der Waals surface area contributed by atoms with Gasteiger partial charge in [-0.1, -0.05) is 13.0 Å². The molecular weight excluding hydrogens is 284 g/mol. The minimum Gasteiger partial charge on any atom is -0.396 e. The number of aliphatic hydroxyl groups excluding tert-OH is 1. The van der Waals surface area contributed by atoms with Crippen LogP contribution in [0.5, 0.6) is 0 Å². The van der Waals surface area contributed by atoms with Gasteiger partial charge in [-0.05, 0) is 32.1 Å². The predicted molar refractivity (Wildman–Crippen MR) is 85.6 cm³/mol. The number of amides is 1. The molecule has 0 aromatic carbocycles. The fourth-order valence-corrected chi connectivity index (χ4v) is 3.82. The Labute approximate surface area is 130 Å². The van der Waals surface area contributed by atoms with Crippen LogP contribution in [0.15, 0.2) is 18.0 Å². The first-order chi connectivity index (χ1) is 10.1. The average molecular weight is 308 g/mol. The summed E-state index contributed by atoms with van der Waals surface area (Å²) in [6.07, 6.45) is 6.41. The average Bonchev–Trinajstić information content (AvgIpc) is 2.96. The zero-order valence-corrected chi connectivity index (χ0v) is 13.5. The second kappa shape index (κ2) is 7.18. The summed E-state index contributed by atoms with van der Waals surface area (Å²) in [7, 11) is 0. The van der Waals surface area contributed by atoms with Crippen LogP contribution in [0.25, 0.3) is 0 Å². The Hall–Kier alpha value is -1.20. The summed E-state index contributed by atoms with van der Waals surface area (Å²) >= 11 is 1.56. The van der Waals surface area contributed by atoms with E-state index in [1.807, 2.05) is 16.4 Å². The lowest BCUT2D eigenvalue weighted by Crippen LogP contribution is -2.47. The Kier molecular flexibility index (Phi) is 5.53. The van der Waals surface area contributed by atoms with Gasteiger partial charge in [-0.2, -0.15) is 0 Å². The van der Waals surface area contributed by atoms with Crippen molar-refractivity contribution < 1.29 is 9.90 Å². The van der Waals surface area contributed by atoms with Crippen molar-refractivity contribution in [3.8, 4) is 0 Å². The Morgan fingerprint density at radius 3 is 3.14 bits per heavy atom. The first-order valence-electron chi connectivity index (χ1n) is 7.59. The number of carbonyl (C=O) groups excluding carboxylic acids is 1. The molecule has 1 aliphatic rings. The molecule has 1 N–H and O–H groups in total. The summed E-state index contributed by atoms with van der Waals surface area (Å²) in [5, 5.41) is 12.6. The van der Waals surface area contributed by atoms with E-state index in [-0.39, 0.29) is 17.9 Å². The van der Waals surface area contributed by atoms with Crippen LogP contribution in [-0.2, 0) is 6.42 Å². The van der Waals surface area contributed by atoms with Gasteiger partial charge in [0.15, 0.2) is 0 Å². The Bertz CT molecular complexity index is 500. The number of aryl methyl sites for hydroxylation is 1. The quantitative estimate of drug-likeness (QED) is 0.822. The number of thiazole rings is 1. The van der Waals surface area contributed by atoms with Gasteiger partial charge in [0, 0.05) is 23.9 Å². The van der Waals surface area contributed by atoms with Crippen molar-refractivity contribution in [2.45, 2.75) is 39.0 Å². The van der Waals surface area contributed by atoms with Crippen LogP contribution >= 0.6 is 11.3 Å². The third-order valence-electron chi connectivity index (χ3n) is 4.10. The van der Waals surface area contributed by atoms with Gasteiger partial charge in [0.1, 0.15) is 5.69 Å². The summed E-state index contributed by atoms with van der Waals surface area (Å²) in [4.78, 5) is 18.9. The van der Waals surface area contributed by atoms with Crippen LogP contribution in [0, 0.1) is 5.41 Å². The summed E-state index contributed by atoms with van der Waals surface area (Å²) in [5.74, 6) is -0.00445. The van der Waals surface area contributed by atoms with Crippen molar-refractivity contribution in [3.63, 3.8) is 0 Å². The standard InChI is InChI=1S/C16H24N2O2S/c1-3-6-14-17-13(10-21-14)15(20)18-9-5-8-16(11-18,12-19)7-4-2/h4,10,19H,2-3,5-9,11-12H2,1H3/t16-/m0/s1. The number of aliphatic hydroxyl groups is 1. The molecule has 0 radical (unpaired) electrons. The highest BCUT2D eigenvalue weighted by Gasteiger charge is 2.36. The molecule has 2 rings (SSSR count). The van der Waals surface area contributed by atoms with Gasteiger partial charge in [-0.3, -0.25) is 4.79 Å². The van der Waals surface area contributed by atoms with Gasteiger partial charge in [0.25, 0.3) is 5.91 Å². The number of allylic oxidation sites excluding steroid dienone is 1. The number of likely N-dealkylation sites (tertiary alicyclic amines) is 1. The van der Waals surface area contributed by atoms with Gasteiger partial charge < -0.3 is 10.0 Å². The largest absolute Gasteiger partial charge is 0.396 e. The van der Waals surface area contributed by atoms with E-state index in [2.05, 4.69) is 18.5 Å². The van der Waals surface area contributed by atoms with Gasteiger partial charge in [-0.25, -0.2) is 4.98 Å². The van der Waals surface area contributed by atoms with Crippen LogP contribution < -0.4 is 0 Å². The Morgan fingerprint density at radius 2 is 2.48 bits per heavy atom. The minimum atomic E-state index is -0.224. The molecular formula is C16H24N2O2S. The van der Waals surface area contributed by atoms with E-state index >= 15 is 0 Å². The number of aromatic nitrogens is 1. The number of carbonyl (C=O) groups is 1. The smallest absolute Gasteiger partial charge is 0.273 e. The third kappa shape index (κ3) is 3.71. The Balaban J connectivity index is 2.09. The maximum atomic E-state index is 12.6. The number of nitrogens with zero attached hydrogens (tertiary/aromatic N) is 2. The first-order valence-corrected chi connectivity index (χ1v) is 8.47. The normalized spacial score (nSPS) is 22.3. The van der Waals surface area contributed by atoms with E-state index in [1.54, 1.807) is 11.3 Å². The lowest BCUT2D eigenvalue weighted by Gasteiger charge is -2.41. The predicted octanol–water partition coefficient (Wildman–Crippen LogP) is 2.89. The van der Waals surface area contributed by atoms with Gasteiger partial charge >= 0.3 is 0 Å². The van der Waals surface area contributed by atoms with E-state index in [1.165, 1.54) is 0 Å². The highest BCUT2D eigenvalue weighted by molar-refractivity contribution is 7.09. The maximum absolute atomic E-state index is 12.6. The van der Waals surface area contributed by atoms with E-state index in [0.29, 0.717) is 12.2 Å². The molecule has 1 amide bonds. The molecule has 0 aliphatic carbocycles. The number of hydrogen-bond donors (Lipinski definition) is 1. The molecule has 4 nitrogen and oxygen atoms in total. The van der Waals surface area contributed by atoms with Crippen molar-refractivity contribution in [3.05, 3.63) is 28.7 Å². The molecule has 0 saturated carbocycles. The van der Waals surface area contributed by atoms with Gasteiger partial charge in [0.2, 0.25) is 0 Å². The molecule has 2 heterocycles. The molecule has 1 aromatic heterocycles. The summed E-state index contributed by atoms with van der Waals surface area (Å²) in [6, 6.07) is 0. The molecule has 0 spiro atoms. The van der Waals surface area contributed by atoms with Crippen molar-refractivity contribution in [1.29, 1.82) is 0 Å². The summed E-state index contributed by atoms with van der Waals surface area (Å²) in [6.45, 7) is 7.32. The van der Waals surface area contributed by atoms with Crippen LogP contribution in [0.1, 0.15) is 48.1 Å². The van der Waals surface area contributed by atoms with E-state index < -0.39 is 0 Å². The highest BCUT2D eigenvalue weighted by atomic mass is 32.1. The summed E-state index contributed by atoms with van der Waals surface area (Å²) in [5.41, 5.74) is 0.327. The molecule has 1 aliphatic heterocycles. The second-order valence-electron chi connectivity index (χ2n) is 5.86. The molecule has 1 fully saturated rings. The molecule has 0 unspecified atom stereocenters. The second-order valence-corrected chi connectivity index (χ2v) is 6.80. The SMILES string of the molecule is C=CC[C@]1(CO)CCCN(C(=O)c2csc(CCC)n2)C1. The molecule has 5 heteroatoms. The maximum Gasteiger partial charge on any atom is 0.273 e. The van der Waals surface area contributed by atoms with Crippen LogP contribution in [0.2, 0.25) is 0 Å². The van der Waals surface area contributed by atoms with Crippen LogP contribution in [-0.4, -0.2) is 40.6 Å². The third-order valence-corrected chi connectivity index (χ3v) is 5.00. The van der Waals surface area contributed by atoms with E-state index in [9.17, 15) is 9.90 Å². The molecule has 116 valence electrons. The monoisotopic (exact) mass is 308 g/mol. The van der Waals surface area contributed by atoms with Crippen molar-refractivity contribution >= 4 is 17.2 Å². The van der Waals surface area contributed by atoms with E-state index in [4.69, 9.17) is 0 Å². The molecule has 1 aromatic rings. The number of hydrogen-bond acceptors (Lipinski definition) is 4. The van der Waals surface area contributed by atoms with Gasteiger partial charge in [-0.15, -0.1) is 17.9 Å². The van der Waals surface area contributed by atoms with Crippen LogP contribution in [0.4, 0.5) is 0 Å². The van der Waals surface area contributed by atoms with Crippen molar-refractivity contribution in [2.75, 3.05) is 19.7 Å². The Morgan fingerprint density at radius 1 is 1.67 bits per heavy atom. The molecule has 21 heavy (non-hydrogen) atoms. The minimum absolute atomic E-state index is 0.00445. The first kappa shape index (κ1) is 16.2. The number of rotatable bonds is 6. The van der Waals surface area contributed by atoms with Crippen LogP contribution in [0.3, 0.4) is 0 Å². The van der Waals surface area contributed by atoms with Crippen molar-refractivity contribution in [2.24, 2.45) is 5.41 Å². The fraction of sp³-hybridized carbons (Fsp3) is 0.625. The molecule has 0 bridgehead atoms. The lowest BCUT2D eigenvalue weighted by molar-refractivity contribution is 0.0282. The molecule has 1 atom stereocenters.